The molecular weight excluding hydrogens is 503 g/mol. The number of likely N-dealkylation sites (tertiary alicyclic amines) is 1. The first-order valence-corrected chi connectivity index (χ1v) is 10.3. The van der Waals surface area contributed by atoms with Gasteiger partial charge in [-0.25, -0.2) is 0 Å². The van der Waals surface area contributed by atoms with E-state index in [1.807, 2.05) is 31.3 Å². The number of nitrogens with zero attached hydrogens (tertiary/aromatic N) is 5. The molecule has 0 atom stereocenters. The number of aromatic nitrogens is 3. The summed E-state index contributed by atoms with van der Waals surface area (Å²) >= 11 is 0. The van der Waals surface area contributed by atoms with Crippen molar-refractivity contribution < 1.29 is 4.52 Å². The minimum atomic E-state index is 0. The number of aliphatic imine (C=N–C) groups is 1. The number of halogens is 1. The standard InChI is InChI=1S/C23H26N6O.HI/c1-24-23(29-15-11-19(12-16-29)17-18-7-3-2-4-8-18)26-14-10-21-27-22(30-28-21)20-9-5-6-13-25-20;/h2-9,13,17H,10-12,14-16H2,1H3,(H,24,26);1H. The van der Waals surface area contributed by atoms with E-state index >= 15 is 0 Å². The summed E-state index contributed by atoms with van der Waals surface area (Å²) in [7, 11) is 1.82. The summed E-state index contributed by atoms with van der Waals surface area (Å²) in [6.07, 6.45) is 6.77. The van der Waals surface area contributed by atoms with Gasteiger partial charge in [0, 0.05) is 39.3 Å². The Balaban J connectivity index is 0.00000272. The topological polar surface area (TPSA) is 79.4 Å². The molecule has 3 heterocycles. The monoisotopic (exact) mass is 530 g/mol. The summed E-state index contributed by atoms with van der Waals surface area (Å²) in [6, 6.07) is 16.1. The highest BCUT2D eigenvalue weighted by Crippen LogP contribution is 2.19. The summed E-state index contributed by atoms with van der Waals surface area (Å²) in [5.74, 6) is 2.02. The number of rotatable bonds is 5. The van der Waals surface area contributed by atoms with Crippen LogP contribution in [0, 0.1) is 0 Å². The fourth-order valence-electron chi connectivity index (χ4n) is 3.50. The zero-order chi connectivity index (χ0) is 20.6. The molecule has 162 valence electrons. The van der Waals surface area contributed by atoms with Crippen LogP contribution in [0.4, 0.5) is 0 Å². The van der Waals surface area contributed by atoms with E-state index in [0.717, 1.165) is 31.9 Å². The highest BCUT2D eigenvalue weighted by atomic mass is 127. The van der Waals surface area contributed by atoms with Gasteiger partial charge in [-0.1, -0.05) is 53.2 Å². The van der Waals surface area contributed by atoms with Crippen LogP contribution >= 0.6 is 24.0 Å². The van der Waals surface area contributed by atoms with Crippen LogP contribution in [0.25, 0.3) is 17.7 Å². The molecule has 8 heteroatoms. The van der Waals surface area contributed by atoms with E-state index in [1.54, 1.807) is 6.20 Å². The maximum absolute atomic E-state index is 5.31. The highest BCUT2D eigenvalue weighted by Gasteiger charge is 2.17. The molecule has 4 rings (SSSR count). The van der Waals surface area contributed by atoms with Crippen LogP contribution in [-0.4, -0.2) is 52.7 Å². The molecule has 0 saturated carbocycles. The maximum atomic E-state index is 5.31. The quantitative estimate of drug-likeness (QED) is 0.305. The van der Waals surface area contributed by atoms with Crippen LogP contribution in [0.5, 0.6) is 0 Å². The second-order valence-electron chi connectivity index (χ2n) is 7.16. The van der Waals surface area contributed by atoms with Gasteiger partial charge < -0.3 is 14.7 Å². The van der Waals surface area contributed by atoms with Crippen LogP contribution < -0.4 is 5.32 Å². The molecular formula is C23H27IN6O. The van der Waals surface area contributed by atoms with E-state index in [9.17, 15) is 0 Å². The lowest BCUT2D eigenvalue weighted by atomic mass is 10.0. The van der Waals surface area contributed by atoms with Gasteiger partial charge >= 0.3 is 0 Å². The van der Waals surface area contributed by atoms with Crippen LogP contribution in [0.2, 0.25) is 0 Å². The molecule has 0 amide bonds. The molecule has 1 aromatic carbocycles. The molecule has 0 radical (unpaired) electrons. The third kappa shape index (κ3) is 6.36. The van der Waals surface area contributed by atoms with Crippen LogP contribution in [-0.2, 0) is 6.42 Å². The average Bonchev–Trinajstić information content (AvgIpc) is 3.28. The first-order chi connectivity index (χ1) is 14.8. The summed E-state index contributed by atoms with van der Waals surface area (Å²) in [5, 5.41) is 7.47. The Kier molecular flexibility index (Phi) is 8.57. The van der Waals surface area contributed by atoms with E-state index in [2.05, 4.69) is 60.7 Å². The average molecular weight is 530 g/mol. The van der Waals surface area contributed by atoms with Gasteiger partial charge in [0.2, 0.25) is 0 Å². The summed E-state index contributed by atoms with van der Waals surface area (Å²) in [4.78, 5) is 15.4. The Hall–Kier alpha value is -2.75. The Labute approximate surface area is 199 Å². The van der Waals surface area contributed by atoms with Crippen LogP contribution in [0.15, 0.2) is 69.8 Å². The largest absolute Gasteiger partial charge is 0.356 e. The smallest absolute Gasteiger partial charge is 0.276 e. The van der Waals surface area contributed by atoms with Crippen molar-refractivity contribution >= 4 is 36.0 Å². The number of guanidine groups is 1. The molecule has 0 spiro atoms. The van der Waals surface area contributed by atoms with Crippen molar-refractivity contribution in [3.63, 3.8) is 0 Å². The van der Waals surface area contributed by atoms with Gasteiger partial charge in [-0.05, 0) is 30.5 Å². The van der Waals surface area contributed by atoms with Gasteiger partial charge in [-0.3, -0.25) is 9.98 Å². The summed E-state index contributed by atoms with van der Waals surface area (Å²) in [6.45, 7) is 2.62. The maximum Gasteiger partial charge on any atom is 0.276 e. The molecule has 1 N–H and O–H groups in total. The zero-order valence-corrected chi connectivity index (χ0v) is 19.9. The summed E-state index contributed by atoms with van der Waals surface area (Å²) in [5.41, 5.74) is 3.45. The Morgan fingerprint density at radius 3 is 2.61 bits per heavy atom. The molecule has 0 unspecified atom stereocenters. The molecule has 3 aromatic rings. The zero-order valence-electron chi connectivity index (χ0n) is 17.6. The van der Waals surface area contributed by atoms with Crippen molar-refractivity contribution in [3.05, 3.63) is 71.7 Å². The molecule has 0 bridgehead atoms. The van der Waals surface area contributed by atoms with Gasteiger partial charge in [0.25, 0.3) is 5.89 Å². The molecule has 0 aliphatic carbocycles. The van der Waals surface area contributed by atoms with Crippen molar-refractivity contribution in [1.29, 1.82) is 0 Å². The molecule has 1 aliphatic rings. The second-order valence-corrected chi connectivity index (χ2v) is 7.16. The van der Waals surface area contributed by atoms with Crippen molar-refractivity contribution in [2.24, 2.45) is 4.99 Å². The van der Waals surface area contributed by atoms with E-state index in [1.165, 1.54) is 11.1 Å². The SMILES string of the molecule is CN=C(NCCc1noc(-c2ccccn2)n1)N1CCC(=Cc2ccccc2)CC1.I. The van der Waals surface area contributed by atoms with Gasteiger partial charge in [-0.15, -0.1) is 24.0 Å². The second kappa shape index (κ2) is 11.6. The van der Waals surface area contributed by atoms with Crippen molar-refractivity contribution in [3.8, 4) is 11.6 Å². The summed E-state index contributed by atoms with van der Waals surface area (Å²) < 4.78 is 5.31. The van der Waals surface area contributed by atoms with E-state index in [0.29, 0.717) is 30.4 Å². The minimum Gasteiger partial charge on any atom is -0.356 e. The number of nitrogens with one attached hydrogen (secondary N) is 1. The molecule has 1 saturated heterocycles. The lowest BCUT2D eigenvalue weighted by molar-refractivity contribution is 0.375. The third-order valence-electron chi connectivity index (χ3n) is 5.07. The Morgan fingerprint density at radius 2 is 1.90 bits per heavy atom. The molecule has 1 fully saturated rings. The predicted molar refractivity (Wildman–Crippen MR) is 133 cm³/mol. The van der Waals surface area contributed by atoms with Crippen LogP contribution in [0.3, 0.4) is 0 Å². The number of piperidine rings is 1. The van der Waals surface area contributed by atoms with Gasteiger partial charge in [-0.2, -0.15) is 4.98 Å². The molecule has 1 aliphatic heterocycles. The fourth-order valence-corrected chi connectivity index (χ4v) is 3.50. The fraction of sp³-hybridized carbons (Fsp3) is 0.304. The molecule has 7 nitrogen and oxygen atoms in total. The number of pyridine rings is 1. The lowest BCUT2D eigenvalue weighted by Gasteiger charge is -2.31. The van der Waals surface area contributed by atoms with Gasteiger partial charge in [0.15, 0.2) is 11.8 Å². The van der Waals surface area contributed by atoms with E-state index in [4.69, 9.17) is 4.52 Å². The Bertz CT molecular complexity index is 993. The number of hydrogen-bond acceptors (Lipinski definition) is 5. The van der Waals surface area contributed by atoms with Crippen molar-refractivity contribution in [1.82, 2.24) is 25.3 Å². The van der Waals surface area contributed by atoms with E-state index in [-0.39, 0.29) is 24.0 Å². The van der Waals surface area contributed by atoms with E-state index < -0.39 is 0 Å². The highest BCUT2D eigenvalue weighted by molar-refractivity contribution is 14.0. The number of hydrogen-bond donors (Lipinski definition) is 1. The van der Waals surface area contributed by atoms with Crippen molar-refractivity contribution in [2.45, 2.75) is 19.3 Å². The molecule has 31 heavy (non-hydrogen) atoms. The first-order valence-electron chi connectivity index (χ1n) is 10.3. The minimum absolute atomic E-state index is 0. The molecule has 2 aromatic heterocycles. The van der Waals surface area contributed by atoms with Gasteiger partial charge in [0.1, 0.15) is 5.69 Å². The third-order valence-corrected chi connectivity index (χ3v) is 5.07. The van der Waals surface area contributed by atoms with Crippen LogP contribution in [0.1, 0.15) is 24.2 Å². The van der Waals surface area contributed by atoms with Crippen molar-refractivity contribution in [2.75, 3.05) is 26.7 Å². The lowest BCUT2D eigenvalue weighted by Crippen LogP contribution is -2.45. The Morgan fingerprint density at radius 1 is 1.13 bits per heavy atom. The first kappa shape index (κ1) is 22.9. The number of benzene rings is 1. The predicted octanol–water partition coefficient (Wildman–Crippen LogP) is 4.05. The van der Waals surface area contributed by atoms with Gasteiger partial charge in [0.05, 0.1) is 0 Å². The normalized spacial score (nSPS) is 14.2.